The van der Waals surface area contributed by atoms with Gasteiger partial charge in [-0.2, -0.15) is 0 Å². The first kappa shape index (κ1) is 19.0. The Hall–Kier alpha value is -2.37. The molecule has 1 heterocycles. The summed E-state index contributed by atoms with van der Waals surface area (Å²) in [4.78, 5) is 37.7. The summed E-state index contributed by atoms with van der Waals surface area (Å²) in [6, 6.07) is 6.28. The van der Waals surface area contributed by atoms with E-state index in [9.17, 15) is 19.5 Å². The molecule has 0 aliphatic carbocycles. The molecule has 1 aliphatic rings. The minimum absolute atomic E-state index is 0.0727. The summed E-state index contributed by atoms with van der Waals surface area (Å²) in [6.45, 7) is 6.16. The Morgan fingerprint density at radius 1 is 1.28 bits per heavy atom. The van der Waals surface area contributed by atoms with Crippen molar-refractivity contribution in [2.75, 3.05) is 0 Å². The first-order chi connectivity index (χ1) is 11.8. The molecule has 2 amide bonds. The number of carboxylic acids is 1. The fraction of sp³-hybridized carbons (Fsp3) is 0.526. The van der Waals surface area contributed by atoms with Gasteiger partial charge in [-0.05, 0) is 31.2 Å². The predicted molar refractivity (Wildman–Crippen MR) is 93.8 cm³/mol. The molecule has 2 N–H and O–H groups in total. The molecule has 1 aromatic rings. The van der Waals surface area contributed by atoms with Crippen molar-refractivity contribution in [1.29, 1.82) is 0 Å². The Morgan fingerprint density at radius 3 is 2.48 bits per heavy atom. The van der Waals surface area contributed by atoms with E-state index in [1.54, 1.807) is 4.90 Å². The fourth-order valence-electron chi connectivity index (χ4n) is 3.06. The highest BCUT2D eigenvalue weighted by Gasteiger charge is 2.37. The normalized spacial score (nSPS) is 18.5. The smallest absolute Gasteiger partial charge is 0.326 e. The average molecular weight is 346 g/mol. The van der Waals surface area contributed by atoms with Crippen molar-refractivity contribution in [2.45, 2.75) is 58.7 Å². The molecule has 0 aromatic heterocycles. The Labute approximate surface area is 148 Å². The van der Waals surface area contributed by atoms with E-state index in [1.807, 2.05) is 45.0 Å². The maximum atomic E-state index is 12.6. The monoisotopic (exact) mass is 346 g/mol. The standard InChI is InChI=1S/C19H26N2O4/c1-12(2)10-15(19(24)25)20-18(23)16-8-9-17(22)21(16)11-14-6-4-13(3)5-7-14/h4-7,12,15-16H,8-11H2,1-3H3,(H,20,23)(H,24,25)/t15-,16?/m1/s1. The Kier molecular flexibility index (Phi) is 6.17. The lowest BCUT2D eigenvalue weighted by molar-refractivity contribution is -0.143. The first-order valence-corrected chi connectivity index (χ1v) is 8.66. The SMILES string of the molecule is Cc1ccc(CN2C(=O)CCC2C(=O)N[C@H](CC(C)C)C(=O)O)cc1. The minimum Gasteiger partial charge on any atom is -0.480 e. The third-order valence-electron chi connectivity index (χ3n) is 4.43. The highest BCUT2D eigenvalue weighted by atomic mass is 16.4. The van der Waals surface area contributed by atoms with E-state index in [2.05, 4.69) is 5.32 Å². The molecule has 0 radical (unpaired) electrons. The molecule has 0 spiro atoms. The van der Waals surface area contributed by atoms with Gasteiger partial charge in [0.15, 0.2) is 0 Å². The summed E-state index contributed by atoms with van der Waals surface area (Å²) < 4.78 is 0. The van der Waals surface area contributed by atoms with Gasteiger partial charge < -0.3 is 15.3 Å². The molecule has 0 saturated carbocycles. The number of aryl methyl sites for hydroxylation is 1. The van der Waals surface area contributed by atoms with Crippen LogP contribution in [0.1, 0.15) is 44.2 Å². The number of carbonyl (C=O) groups excluding carboxylic acids is 2. The van der Waals surface area contributed by atoms with Gasteiger partial charge in [0.1, 0.15) is 12.1 Å². The van der Waals surface area contributed by atoms with E-state index in [-0.39, 0.29) is 17.7 Å². The molecular weight excluding hydrogens is 320 g/mol. The molecule has 6 nitrogen and oxygen atoms in total. The largest absolute Gasteiger partial charge is 0.480 e. The maximum Gasteiger partial charge on any atom is 0.326 e. The van der Waals surface area contributed by atoms with Gasteiger partial charge in [0, 0.05) is 13.0 Å². The van der Waals surface area contributed by atoms with Gasteiger partial charge in [-0.25, -0.2) is 4.79 Å². The summed E-state index contributed by atoms with van der Waals surface area (Å²) in [5.74, 6) is -1.35. The van der Waals surface area contributed by atoms with Crippen molar-refractivity contribution < 1.29 is 19.5 Å². The Morgan fingerprint density at radius 2 is 1.92 bits per heavy atom. The number of hydrogen-bond acceptors (Lipinski definition) is 3. The van der Waals surface area contributed by atoms with Crippen molar-refractivity contribution in [2.24, 2.45) is 5.92 Å². The molecule has 2 rings (SSSR count). The summed E-state index contributed by atoms with van der Waals surface area (Å²) >= 11 is 0. The highest BCUT2D eigenvalue weighted by Crippen LogP contribution is 2.22. The zero-order valence-corrected chi connectivity index (χ0v) is 15.0. The van der Waals surface area contributed by atoms with Crippen molar-refractivity contribution in [1.82, 2.24) is 10.2 Å². The van der Waals surface area contributed by atoms with Crippen LogP contribution in [0.2, 0.25) is 0 Å². The topological polar surface area (TPSA) is 86.7 Å². The lowest BCUT2D eigenvalue weighted by Crippen LogP contribution is -2.50. The van der Waals surface area contributed by atoms with Gasteiger partial charge in [0.25, 0.3) is 0 Å². The predicted octanol–water partition coefficient (Wildman–Crippen LogP) is 2.10. The van der Waals surface area contributed by atoms with Crippen LogP contribution >= 0.6 is 0 Å². The summed E-state index contributed by atoms with van der Waals surface area (Å²) in [5, 5.41) is 11.9. The van der Waals surface area contributed by atoms with E-state index in [4.69, 9.17) is 0 Å². The van der Waals surface area contributed by atoms with E-state index in [0.717, 1.165) is 11.1 Å². The number of hydrogen-bond donors (Lipinski definition) is 2. The number of nitrogens with zero attached hydrogens (tertiary/aromatic N) is 1. The van der Waals surface area contributed by atoms with Crippen molar-refractivity contribution in [3.05, 3.63) is 35.4 Å². The van der Waals surface area contributed by atoms with E-state index < -0.39 is 18.1 Å². The van der Waals surface area contributed by atoms with Crippen LogP contribution in [-0.4, -0.2) is 39.9 Å². The first-order valence-electron chi connectivity index (χ1n) is 8.66. The molecule has 0 bridgehead atoms. The second-order valence-electron chi connectivity index (χ2n) is 7.09. The minimum atomic E-state index is -1.04. The van der Waals surface area contributed by atoms with Gasteiger partial charge in [-0.3, -0.25) is 9.59 Å². The second kappa shape index (κ2) is 8.14. The van der Waals surface area contributed by atoms with Gasteiger partial charge in [-0.1, -0.05) is 43.7 Å². The number of amides is 2. The van der Waals surface area contributed by atoms with Crippen LogP contribution in [0, 0.1) is 12.8 Å². The van der Waals surface area contributed by atoms with Crippen LogP contribution in [0.5, 0.6) is 0 Å². The van der Waals surface area contributed by atoms with Crippen molar-refractivity contribution in [3.8, 4) is 0 Å². The number of carbonyl (C=O) groups is 3. The number of rotatable bonds is 7. The number of nitrogens with one attached hydrogen (secondary N) is 1. The summed E-state index contributed by atoms with van der Waals surface area (Å²) in [7, 11) is 0. The lowest BCUT2D eigenvalue weighted by Gasteiger charge is -2.26. The zero-order valence-electron chi connectivity index (χ0n) is 15.0. The Bertz CT molecular complexity index is 639. The molecule has 1 unspecified atom stereocenters. The van der Waals surface area contributed by atoms with E-state index in [1.165, 1.54) is 0 Å². The van der Waals surface area contributed by atoms with Crippen LogP contribution in [0.4, 0.5) is 0 Å². The number of aliphatic carboxylic acids is 1. The van der Waals surface area contributed by atoms with Crippen LogP contribution in [0.3, 0.4) is 0 Å². The molecule has 1 saturated heterocycles. The quantitative estimate of drug-likeness (QED) is 0.791. The fourth-order valence-corrected chi connectivity index (χ4v) is 3.06. The number of likely N-dealkylation sites (tertiary alicyclic amines) is 1. The second-order valence-corrected chi connectivity index (χ2v) is 7.09. The van der Waals surface area contributed by atoms with Gasteiger partial charge in [0.2, 0.25) is 11.8 Å². The molecule has 6 heteroatoms. The van der Waals surface area contributed by atoms with Crippen LogP contribution in [0.25, 0.3) is 0 Å². The summed E-state index contributed by atoms with van der Waals surface area (Å²) in [5.41, 5.74) is 2.08. The van der Waals surface area contributed by atoms with Crippen LogP contribution < -0.4 is 5.32 Å². The number of carboxylic acid groups (broad SMARTS) is 1. The van der Waals surface area contributed by atoms with Crippen LogP contribution in [0.15, 0.2) is 24.3 Å². The summed E-state index contributed by atoms with van der Waals surface area (Å²) in [6.07, 6.45) is 1.09. The molecule has 136 valence electrons. The molecule has 1 aromatic carbocycles. The number of benzene rings is 1. The third-order valence-corrected chi connectivity index (χ3v) is 4.43. The molecule has 1 aliphatic heterocycles. The third kappa shape index (κ3) is 5.05. The van der Waals surface area contributed by atoms with Crippen molar-refractivity contribution in [3.63, 3.8) is 0 Å². The van der Waals surface area contributed by atoms with E-state index >= 15 is 0 Å². The van der Waals surface area contributed by atoms with Crippen molar-refractivity contribution >= 4 is 17.8 Å². The van der Waals surface area contributed by atoms with Gasteiger partial charge >= 0.3 is 5.97 Å². The van der Waals surface area contributed by atoms with E-state index in [0.29, 0.717) is 25.8 Å². The maximum absolute atomic E-state index is 12.6. The highest BCUT2D eigenvalue weighted by molar-refractivity contribution is 5.92. The molecular formula is C19H26N2O4. The molecule has 2 atom stereocenters. The lowest BCUT2D eigenvalue weighted by atomic mass is 10.0. The molecule has 25 heavy (non-hydrogen) atoms. The Balaban J connectivity index is 2.07. The van der Waals surface area contributed by atoms with Gasteiger partial charge in [0.05, 0.1) is 0 Å². The average Bonchev–Trinajstić information content (AvgIpc) is 2.89. The van der Waals surface area contributed by atoms with Crippen LogP contribution in [-0.2, 0) is 20.9 Å². The zero-order chi connectivity index (χ0) is 18.6. The molecule has 1 fully saturated rings. The van der Waals surface area contributed by atoms with Gasteiger partial charge in [-0.15, -0.1) is 0 Å².